The van der Waals surface area contributed by atoms with Crippen LogP contribution in [0.25, 0.3) is 0 Å². The molecule has 0 aliphatic heterocycles. The second kappa shape index (κ2) is 5.70. The van der Waals surface area contributed by atoms with Crippen LogP contribution >= 0.6 is 44.9 Å². The maximum absolute atomic E-state index is 11.1. The molecule has 0 saturated carbocycles. The number of hydrogen-bond donors (Lipinski definition) is 0. The zero-order valence-electron chi connectivity index (χ0n) is 9.51. The highest BCUT2D eigenvalue weighted by Gasteiger charge is 2.28. The summed E-state index contributed by atoms with van der Waals surface area (Å²) < 4.78 is 5.22. The van der Waals surface area contributed by atoms with Crippen molar-refractivity contribution in [2.45, 2.75) is 31.3 Å². The highest BCUT2D eigenvalue weighted by molar-refractivity contribution is 8.21. The Balaban J connectivity index is 3.29. The highest BCUT2D eigenvalue weighted by Crippen LogP contribution is 2.40. The molecule has 1 rings (SSSR count). The largest absolute Gasteiger partial charge is 0.455 e. The lowest BCUT2D eigenvalue weighted by atomic mass is 9.98. The number of hydrogen-bond acceptors (Lipinski definition) is 3. The van der Waals surface area contributed by atoms with Gasteiger partial charge in [-0.2, -0.15) is 0 Å². The van der Waals surface area contributed by atoms with Crippen LogP contribution in [0.4, 0.5) is 0 Å². The minimum atomic E-state index is -0.852. The van der Waals surface area contributed by atoms with Crippen molar-refractivity contribution in [2.75, 3.05) is 0 Å². The number of esters is 1. The molecule has 17 heavy (non-hydrogen) atoms. The smallest absolute Gasteiger partial charge is 0.303 e. The van der Waals surface area contributed by atoms with Gasteiger partial charge in [-0.25, -0.2) is 0 Å². The predicted molar refractivity (Wildman–Crippen MR) is 73.0 cm³/mol. The third kappa shape index (κ3) is 3.68. The van der Waals surface area contributed by atoms with Crippen molar-refractivity contribution < 1.29 is 9.53 Å². The van der Waals surface area contributed by atoms with Crippen LogP contribution in [0.15, 0.2) is 17.0 Å². The summed E-state index contributed by atoms with van der Waals surface area (Å²) in [6, 6.07) is 3.33. The number of carbonyl (C=O) groups is 1. The molecule has 0 aliphatic carbocycles. The van der Waals surface area contributed by atoms with Crippen molar-refractivity contribution >= 4 is 50.8 Å². The van der Waals surface area contributed by atoms with E-state index in [4.69, 9.17) is 38.6 Å². The van der Waals surface area contributed by atoms with Crippen molar-refractivity contribution in [1.82, 2.24) is 0 Å². The Bertz CT molecular complexity index is 447. The third-order valence-electron chi connectivity index (χ3n) is 2.13. The van der Waals surface area contributed by atoms with E-state index < -0.39 is 5.60 Å². The third-order valence-corrected chi connectivity index (χ3v) is 3.86. The van der Waals surface area contributed by atoms with Crippen molar-refractivity contribution in [3.05, 3.63) is 27.7 Å². The summed E-state index contributed by atoms with van der Waals surface area (Å²) in [6.07, 6.45) is 0. The standard InChI is InChI=1S/C11H11Cl3O2S/c1-6(15)16-11(2,3)8-4-7(12)5-9(17-14)10(8)13/h4-5H,1-3H3. The van der Waals surface area contributed by atoms with E-state index in [0.717, 1.165) is 11.0 Å². The van der Waals surface area contributed by atoms with Gasteiger partial charge < -0.3 is 4.74 Å². The van der Waals surface area contributed by atoms with Gasteiger partial charge in [0.2, 0.25) is 0 Å². The second-order valence-corrected chi connectivity index (χ2v) is 5.82. The minimum Gasteiger partial charge on any atom is -0.455 e. The molecule has 0 aliphatic rings. The molecule has 0 radical (unpaired) electrons. The van der Waals surface area contributed by atoms with E-state index in [1.807, 2.05) is 0 Å². The summed E-state index contributed by atoms with van der Waals surface area (Å²) in [6.45, 7) is 4.83. The van der Waals surface area contributed by atoms with Gasteiger partial charge in [0.15, 0.2) is 0 Å². The summed E-state index contributed by atoms with van der Waals surface area (Å²) in [5.41, 5.74) is -0.222. The summed E-state index contributed by atoms with van der Waals surface area (Å²) in [5.74, 6) is -0.383. The fraction of sp³-hybridized carbons (Fsp3) is 0.364. The van der Waals surface area contributed by atoms with E-state index in [2.05, 4.69) is 0 Å². The minimum absolute atomic E-state index is 0.383. The first-order chi connectivity index (χ1) is 7.77. The van der Waals surface area contributed by atoms with Crippen molar-refractivity contribution in [3.8, 4) is 0 Å². The van der Waals surface area contributed by atoms with E-state index in [9.17, 15) is 4.79 Å². The van der Waals surface area contributed by atoms with Crippen LogP contribution in [0.3, 0.4) is 0 Å². The summed E-state index contributed by atoms with van der Waals surface area (Å²) >= 11 is 12.2. The zero-order chi connectivity index (χ0) is 13.2. The van der Waals surface area contributed by atoms with E-state index in [1.54, 1.807) is 26.0 Å². The lowest BCUT2D eigenvalue weighted by Gasteiger charge is -2.26. The van der Waals surface area contributed by atoms with Gasteiger partial charge in [-0.05, 0) is 47.6 Å². The molecular formula is C11H11Cl3O2S. The van der Waals surface area contributed by atoms with Gasteiger partial charge in [0.05, 0.1) is 5.02 Å². The van der Waals surface area contributed by atoms with Crippen molar-refractivity contribution in [2.24, 2.45) is 0 Å². The summed E-state index contributed by atoms with van der Waals surface area (Å²) in [4.78, 5) is 11.7. The lowest BCUT2D eigenvalue weighted by molar-refractivity contribution is -0.154. The van der Waals surface area contributed by atoms with Crippen LogP contribution in [0, 0.1) is 0 Å². The topological polar surface area (TPSA) is 26.3 Å². The fourth-order valence-electron chi connectivity index (χ4n) is 1.47. The Morgan fingerprint density at radius 2 is 1.94 bits per heavy atom. The maximum Gasteiger partial charge on any atom is 0.303 e. The van der Waals surface area contributed by atoms with Gasteiger partial charge in [-0.15, -0.1) is 0 Å². The molecule has 1 aromatic rings. The molecule has 94 valence electrons. The number of ether oxygens (including phenoxy) is 1. The number of carbonyl (C=O) groups excluding carboxylic acids is 1. The molecule has 0 spiro atoms. The molecule has 6 heteroatoms. The Kier molecular flexibility index (Phi) is 5.02. The molecule has 0 saturated heterocycles. The molecule has 0 fully saturated rings. The molecule has 0 bridgehead atoms. The molecular weight excluding hydrogens is 303 g/mol. The van der Waals surface area contributed by atoms with Crippen LogP contribution in [-0.2, 0) is 15.1 Å². The van der Waals surface area contributed by atoms with Gasteiger partial charge in [-0.3, -0.25) is 4.79 Å². The van der Waals surface area contributed by atoms with Crippen LogP contribution in [0.5, 0.6) is 0 Å². The zero-order valence-corrected chi connectivity index (χ0v) is 12.6. The first-order valence-electron chi connectivity index (χ1n) is 4.75. The molecule has 0 atom stereocenters. The monoisotopic (exact) mass is 312 g/mol. The Morgan fingerprint density at radius 1 is 1.35 bits per heavy atom. The molecule has 0 unspecified atom stereocenters. The maximum atomic E-state index is 11.1. The average molecular weight is 314 g/mol. The van der Waals surface area contributed by atoms with Crippen LogP contribution < -0.4 is 0 Å². The Labute approximate surface area is 119 Å². The van der Waals surface area contributed by atoms with Crippen LogP contribution in [0.1, 0.15) is 26.3 Å². The SMILES string of the molecule is CC(=O)OC(C)(C)c1cc(Cl)cc(SCl)c1Cl. The lowest BCUT2D eigenvalue weighted by Crippen LogP contribution is -2.24. The number of benzene rings is 1. The van der Waals surface area contributed by atoms with Gasteiger partial charge in [-0.1, -0.05) is 23.2 Å². The number of rotatable bonds is 3. The fourth-order valence-corrected chi connectivity index (χ4v) is 3.04. The first kappa shape index (κ1) is 15.0. The van der Waals surface area contributed by atoms with Crippen LogP contribution in [0.2, 0.25) is 10.0 Å². The van der Waals surface area contributed by atoms with E-state index in [0.29, 0.717) is 20.5 Å². The molecule has 1 aromatic carbocycles. The molecule has 0 heterocycles. The summed E-state index contributed by atoms with van der Waals surface area (Å²) in [7, 11) is 6.67. The van der Waals surface area contributed by atoms with Gasteiger partial charge in [0, 0.05) is 22.4 Å². The normalized spacial score (nSPS) is 11.4. The van der Waals surface area contributed by atoms with Gasteiger partial charge in [0.1, 0.15) is 5.60 Å². The highest BCUT2D eigenvalue weighted by atomic mass is 35.7. The van der Waals surface area contributed by atoms with E-state index in [-0.39, 0.29) is 5.97 Å². The van der Waals surface area contributed by atoms with E-state index >= 15 is 0 Å². The molecule has 0 N–H and O–H groups in total. The molecule has 0 amide bonds. The van der Waals surface area contributed by atoms with Crippen molar-refractivity contribution in [1.29, 1.82) is 0 Å². The Hall–Kier alpha value is -0.0900. The first-order valence-corrected chi connectivity index (χ1v) is 7.15. The average Bonchev–Trinajstić information content (AvgIpc) is 2.18. The quantitative estimate of drug-likeness (QED) is 0.731. The van der Waals surface area contributed by atoms with Crippen molar-refractivity contribution in [3.63, 3.8) is 0 Å². The Morgan fingerprint density at radius 3 is 2.41 bits per heavy atom. The van der Waals surface area contributed by atoms with Crippen LogP contribution in [-0.4, -0.2) is 5.97 Å². The summed E-state index contributed by atoms with van der Waals surface area (Å²) in [5, 5.41) is 0.938. The number of halogens is 3. The predicted octanol–water partition coefficient (Wildman–Crippen LogP) is 5.04. The second-order valence-electron chi connectivity index (χ2n) is 3.95. The molecule has 0 aromatic heterocycles. The van der Waals surface area contributed by atoms with Gasteiger partial charge in [0.25, 0.3) is 0 Å². The van der Waals surface area contributed by atoms with E-state index in [1.165, 1.54) is 6.92 Å². The van der Waals surface area contributed by atoms with Gasteiger partial charge >= 0.3 is 5.97 Å². The molecule has 2 nitrogen and oxygen atoms in total.